The van der Waals surface area contributed by atoms with Gasteiger partial charge in [0.15, 0.2) is 5.13 Å². The maximum Gasteiger partial charge on any atom is 0.350 e. The molecule has 3 aromatic rings. The first-order chi connectivity index (χ1) is 18.5. The molecule has 204 valence electrons. The Hall–Kier alpha value is -3.98. The second-order valence-electron chi connectivity index (χ2n) is 10.3. The minimum atomic E-state index is -0.953. The second-order valence-corrected chi connectivity index (χ2v) is 11.3. The lowest BCUT2D eigenvalue weighted by Crippen LogP contribution is -2.29. The number of hydrogen-bond acceptors (Lipinski definition) is 8. The van der Waals surface area contributed by atoms with Gasteiger partial charge < -0.3 is 14.6 Å². The summed E-state index contributed by atoms with van der Waals surface area (Å²) in [6, 6.07) is 13.4. The van der Waals surface area contributed by atoms with Crippen LogP contribution < -0.4 is 9.64 Å². The maximum absolute atomic E-state index is 13.5. The fourth-order valence-electron chi connectivity index (χ4n) is 4.36. The number of carbonyl (C=O) groups excluding carboxylic acids is 3. The normalized spacial score (nSPS) is 17.0. The van der Waals surface area contributed by atoms with Gasteiger partial charge in [-0.1, -0.05) is 63.3 Å². The molecule has 1 aliphatic heterocycles. The maximum atomic E-state index is 13.5. The van der Waals surface area contributed by atoms with E-state index in [1.165, 1.54) is 12.0 Å². The van der Waals surface area contributed by atoms with E-state index >= 15 is 0 Å². The van der Waals surface area contributed by atoms with Crippen LogP contribution in [0.25, 0.3) is 5.76 Å². The highest BCUT2D eigenvalue weighted by Gasteiger charge is 2.48. The summed E-state index contributed by atoms with van der Waals surface area (Å²) in [5, 5.41) is 11.6. The first kappa shape index (κ1) is 28.0. The number of aryl methyl sites for hydroxylation is 1. The van der Waals surface area contributed by atoms with Gasteiger partial charge in [-0.3, -0.25) is 14.5 Å². The van der Waals surface area contributed by atoms with Crippen molar-refractivity contribution in [3.63, 3.8) is 0 Å². The summed E-state index contributed by atoms with van der Waals surface area (Å²) in [7, 11) is 1.27. The van der Waals surface area contributed by atoms with Crippen LogP contribution in [0.4, 0.5) is 5.13 Å². The number of thiazole rings is 1. The number of ether oxygens (including phenoxy) is 2. The van der Waals surface area contributed by atoms with Crippen molar-refractivity contribution < 1.29 is 29.0 Å². The Morgan fingerprint density at radius 1 is 1.08 bits per heavy atom. The van der Waals surface area contributed by atoms with E-state index in [2.05, 4.69) is 25.8 Å². The topological polar surface area (TPSA) is 106 Å². The third-order valence-electron chi connectivity index (χ3n) is 6.50. The Morgan fingerprint density at radius 3 is 2.28 bits per heavy atom. The number of esters is 1. The van der Waals surface area contributed by atoms with E-state index in [0.717, 1.165) is 23.3 Å². The van der Waals surface area contributed by atoms with E-state index in [1.54, 1.807) is 31.2 Å². The molecule has 0 bridgehead atoms. The predicted octanol–water partition coefficient (Wildman–Crippen LogP) is 5.95. The first-order valence-electron chi connectivity index (χ1n) is 12.7. The van der Waals surface area contributed by atoms with Crippen LogP contribution in [0.15, 0.2) is 54.1 Å². The van der Waals surface area contributed by atoms with Gasteiger partial charge in [0, 0.05) is 5.56 Å². The number of hydrogen-bond donors (Lipinski definition) is 1. The molecule has 1 unspecified atom stereocenters. The van der Waals surface area contributed by atoms with Gasteiger partial charge in [-0.05, 0) is 54.2 Å². The molecule has 2 heterocycles. The fourth-order valence-corrected chi connectivity index (χ4v) is 5.37. The molecule has 0 aliphatic carbocycles. The van der Waals surface area contributed by atoms with Gasteiger partial charge in [0.05, 0.1) is 31.0 Å². The van der Waals surface area contributed by atoms with Crippen molar-refractivity contribution in [1.29, 1.82) is 0 Å². The molecule has 0 saturated carbocycles. The molecule has 39 heavy (non-hydrogen) atoms. The third-order valence-corrected chi connectivity index (χ3v) is 7.64. The number of methoxy groups -OCH3 is 1. The molecule has 0 radical (unpaired) electrons. The molecule has 9 heteroatoms. The van der Waals surface area contributed by atoms with Crippen LogP contribution in [-0.4, -0.2) is 41.5 Å². The zero-order chi connectivity index (χ0) is 28.5. The Balaban J connectivity index is 1.87. The van der Waals surface area contributed by atoms with Gasteiger partial charge in [-0.2, -0.15) is 0 Å². The molecule has 0 spiro atoms. The van der Waals surface area contributed by atoms with E-state index in [0.29, 0.717) is 29.2 Å². The van der Waals surface area contributed by atoms with Crippen molar-refractivity contribution >= 4 is 39.9 Å². The number of Topliss-reactive ketones (excluding diaryl/α,β-unsaturated/α-hetero) is 1. The highest BCUT2D eigenvalue weighted by molar-refractivity contribution is 7.17. The number of anilines is 1. The van der Waals surface area contributed by atoms with Gasteiger partial charge in [0.25, 0.3) is 5.78 Å². The average Bonchev–Trinajstić information content (AvgIpc) is 3.42. The number of aromatic nitrogens is 1. The summed E-state index contributed by atoms with van der Waals surface area (Å²) in [5.41, 5.74) is 2.29. The SMILES string of the molecule is CCCOc1ccc(/C(O)=C2\C(=O)C(=O)N(c3nc(C)c(C(=O)OC)s3)C2c2ccc(C(C)(C)C)cc2)cc1. The molecule has 4 rings (SSSR count). The highest BCUT2D eigenvalue weighted by Crippen LogP contribution is 2.44. The molecule has 1 amide bonds. The molecule has 1 saturated heterocycles. The Bertz CT molecular complexity index is 1430. The summed E-state index contributed by atoms with van der Waals surface area (Å²) in [4.78, 5) is 45.1. The Kier molecular flexibility index (Phi) is 7.92. The number of rotatable bonds is 7. The number of carbonyl (C=O) groups is 3. The first-order valence-corrected chi connectivity index (χ1v) is 13.5. The van der Waals surface area contributed by atoms with Crippen LogP contribution >= 0.6 is 11.3 Å². The van der Waals surface area contributed by atoms with Crippen LogP contribution in [-0.2, 0) is 19.7 Å². The van der Waals surface area contributed by atoms with E-state index in [1.807, 2.05) is 31.2 Å². The predicted molar refractivity (Wildman–Crippen MR) is 150 cm³/mol. The van der Waals surface area contributed by atoms with Crippen molar-refractivity contribution in [2.24, 2.45) is 0 Å². The van der Waals surface area contributed by atoms with Crippen molar-refractivity contribution in [3.05, 3.63) is 81.4 Å². The van der Waals surface area contributed by atoms with E-state index in [9.17, 15) is 19.5 Å². The zero-order valence-corrected chi connectivity index (χ0v) is 23.7. The summed E-state index contributed by atoms with van der Waals surface area (Å²) in [6.45, 7) is 10.5. The van der Waals surface area contributed by atoms with E-state index < -0.39 is 23.7 Å². The summed E-state index contributed by atoms with van der Waals surface area (Å²) in [6.07, 6.45) is 0.854. The Labute approximate surface area is 231 Å². The van der Waals surface area contributed by atoms with Crippen LogP contribution in [0.2, 0.25) is 0 Å². The quantitative estimate of drug-likeness (QED) is 0.168. The van der Waals surface area contributed by atoms with Crippen LogP contribution in [0.1, 0.15) is 72.2 Å². The number of aliphatic hydroxyl groups is 1. The molecule has 1 N–H and O–H groups in total. The minimum Gasteiger partial charge on any atom is -0.507 e. The smallest absolute Gasteiger partial charge is 0.350 e. The fraction of sp³-hybridized carbons (Fsp3) is 0.333. The van der Waals surface area contributed by atoms with Crippen molar-refractivity contribution in [1.82, 2.24) is 4.98 Å². The lowest BCUT2D eigenvalue weighted by atomic mass is 9.85. The van der Waals surface area contributed by atoms with Gasteiger partial charge in [0.1, 0.15) is 16.4 Å². The molecule has 1 aliphatic rings. The summed E-state index contributed by atoms with van der Waals surface area (Å²) < 4.78 is 10.5. The monoisotopic (exact) mass is 548 g/mol. The van der Waals surface area contributed by atoms with E-state index in [4.69, 9.17) is 9.47 Å². The largest absolute Gasteiger partial charge is 0.507 e. The number of benzene rings is 2. The van der Waals surface area contributed by atoms with Gasteiger partial charge in [-0.25, -0.2) is 9.78 Å². The number of nitrogens with zero attached hydrogens (tertiary/aromatic N) is 2. The average molecular weight is 549 g/mol. The van der Waals surface area contributed by atoms with Crippen LogP contribution in [0, 0.1) is 6.92 Å². The molecule has 8 nitrogen and oxygen atoms in total. The lowest BCUT2D eigenvalue weighted by molar-refractivity contribution is -0.132. The molecule has 1 aromatic heterocycles. The zero-order valence-electron chi connectivity index (χ0n) is 22.9. The summed E-state index contributed by atoms with van der Waals surface area (Å²) in [5.74, 6) is -1.92. The highest BCUT2D eigenvalue weighted by atomic mass is 32.1. The number of ketones is 1. The van der Waals surface area contributed by atoms with Crippen molar-refractivity contribution in [2.45, 2.75) is 52.5 Å². The standard InChI is InChI=1S/C30H32N2O6S/c1-7-16-38-21-14-10-19(11-15-21)24(33)22-23(18-8-12-20(13-9-18)30(3,4)5)32(27(35)25(22)34)29-31-17(2)26(39-29)28(36)37-6/h8-15,23,33H,7,16H2,1-6H3/b24-22+. The van der Waals surface area contributed by atoms with Crippen molar-refractivity contribution in [2.75, 3.05) is 18.6 Å². The molecular formula is C30H32N2O6S. The summed E-state index contributed by atoms with van der Waals surface area (Å²) >= 11 is 0.967. The lowest BCUT2D eigenvalue weighted by Gasteiger charge is -2.24. The van der Waals surface area contributed by atoms with Gasteiger partial charge >= 0.3 is 11.9 Å². The van der Waals surface area contributed by atoms with Crippen molar-refractivity contribution in [3.8, 4) is 5.75 Å². The molecule has 1 atom stereocenters. The third kappa shape index (κ3) is 5.45. The van der Waals surface area contributed by atoms with Gasteiger partial charge in [-0.15, -0.1) is 0 Å². The van der Waals surface area contributed by atoms with Crippen LogP contribution in [0.5, 0.6) is 5.75 Å². The second kappa shape index (κ2) is 11.0. The minimum absolute atomic E-state index is 0.0572. The molecule has 1 fully saturated rings. The molecule has 2 aromatic carbocycles. The Morgan fingerprint density at radius 2 is 1.72 bits per heavy atom. The van der Waals surface area contributed by atoms with E-state index in [-0.39, 0.29) is 26.8 Å². The number of amides is 1. The molecular weight excluding hydrogens is 516 g/mol. The van der Waals surface area contributed by atoms with Gasteiger partial charge in [0.2, 0.25) is 0 Å². The van der Waals surface area contributed by atoms with Crippen LogP contribution in [0.3, 0.4) is 0 Å². The number of aliphatic hydroxyl groups excluding tert-OH is 1.